The van der Waals surface area contributed by atoms with Gasteiger partial charge in [0.1, 0.15) is 0 Å². The standard InChI is InChI=1S/C18H31N/c1-3-4-5-6-7-8-9-13-16-19-17(2)18-14-11-10-12-15-18/h10-12,14-15,17,19H,3-9,13,16H2,1-2H3. The summed E-state index contributed by atoms with van der Waals surface area (Å²) in [7, 11) is 0. The molecule has 1 nitrogen and oxygen atoms in total. The third kappa shape index (κ3) is 8.05. The van der Waals surface area contributed by atoms with Gasteiger partial charge in [-0.15, -0.1) is 0 Å². The highest BCUT2D eigenvalue weighted by Gasteiger charge is 2.02. The van der Waals surface area contributed by atoms with Crippen molar-refractivity contribution in [1.82, 2.24) is 5.32 Å². The minimum absolute atomic E-state index is 0.478. The maximum atomic E-state index is 3.61. The van der Waals surface area contributed by atoms with Gasteiger partial charge in [-0.25, -0.2) is 0 Å². The molecule has 1 aromatic carbocycles. The highest BCUT2D eigenvalue weighted by molar-refractivity contribution is 5.17. The Balaban J connectivity index is 1.93. The van der Waals surface area contributed by atoms with E-state index in [-0.39, 0.29) is 0 Å². The van der Waals surface area contributed by atoms with Gasteiger partial charge in [0.2, 0.25) is 0 Å². The summed E-state index contributed by atoms with van der Waals surface area (Å²) in [6.45, 7) is 5.67. The first-order chi connectivity index (χ1) is 9.34. The lowest BCUT2D eigenvalue weighted by atomic mass is 10.1. The topological polar surface area (TPSA) is 12.0 Å². The lowest BCUT2D eigenvalue weighted by molar-refractivity contribution is 0.521. The van der Waals surface area contributed by atoms with Crippen LogP contribution in [0.25, 0.3) is 0 Å². The van der Waals surface area contributed by atoms with Crippen LogP contribution in [0.3, 0.4) is 0 Å². The molecule has 0 saturated carbocycles. The molecule has 0 aliphatic rings. The average molecular weight is 261 g/mol. The Kier molecular flexibility index (Phi) is 9.44. The predicted octanol–water partition coefficient (Wildman–Crippen LogP) is 5.48. The molecule has 0 aliphatic heterocycles. The van der Waals surface area contributed by atoms with E-state index in [0.717, 1.165) is 6.54 Å². The zero-order valence-corrected chi connectivity index (χ0v) is 12.8. The average Bonchev–Trinajstić information content (AvgIpc) is 2.46. The molecule has 1 aromatic rings. The monoisotopic (exact) mass is 261 g/mol. The Morgan fingerprint density at radius 1 is 0.842 bits per heavy atom. The second kappa shape index (κ2) is 11.0. The van der Waals surface area contributed by atoms with Crippen LogP contribution in [0, 0.1) is 0 Å². The van der Waals surface area contributed by atoms with Gasteiger partial charge < -0.3 is 5.32 Å². The predicted molar refractivity (Wildman–Crippen MR) is 85.5 cm³/mol. The van der Waals surface area contributed by atoms with Crippen molar-refractivity contribution >= 4 is 0 Å². The maximum Gasteiger partial charge on any atom is 0.0291 e. The lowest BCUT2D eigenvalue weighted by Crippen LogP contribution is -2.19. The van der Waals surface area contributed by atoms with Crippen molar-refractivity contribution in [2.45, 2.75) is 71.3 Å². The molecule has 0 radical (unpaired) electrons. The molecule has 0 heterocycles. The molecule has 19 heavy (non-hydrogen) atoms. The van der Waals surface area contributed by atoms with Crippen molar-refractivity contribution in [3.8, 4) is 0 Å². The van der Waals surface area contributed by atoms with E-state index in [4.69, 9.17) is 0 Å². The first kappa shape index (κ1) is 16.2. The molecule has 0 aliphatic carbocycles. The van der Waals surface area contributed by atoms with E-state index < -0.39 is 0 Å². The number of benzene rings is 1. The van der Waals surface area contributed by atoms with Crippen molar-refractivity contribution in [1.29, 1.82) is 0 Å². The fourth-order valence-electron chi connectivity index (χ4n) is 2.44. The SMILES string of the molecule is CCCCCCCCCCNC(C)c1ccccc1. The van der Waals surface area contributed by atoms with Gasteiger partial charge in [-0.2, -0.15) is 0 Å². The molecular formula is C18H31N. The van der Waals surface area contributed by atoms with Gasteiger partial charge in [-0.05, 0) is 25.5 Å². The fourth-order valence-corrected chi connectivity index (χ4v) is 2.44. The Labute approximate surface area is 119 Å². The van der Waals surface area contributed by atoms with Crippen LogP contribution >= 0.6 is 0 Å². The summed E-state index contributed by atoms with van der Waals surface area (Å²) in [4.78, 5) is 0. The summed E-state index contributed by atoms with van der Waals surface area (Å²) >= 11 is 0. The summed E-state index contributed by atoms with van der Waals surface area (Å²) in [5, 5.41) is 3.61. The molecule has 0 bridgehead atoms. The van der Waals surface area contributed by atoms with Gasteiger partial charge in [0.05, 0.1) is 0 Å². The van der Waals surface area contributed by atoms with Crippen LogP contribution in [0.2, 0.25) is 0 Å². The Morgan fingerprint density at radius 3 is 2.05 bits per heavy atom. The van der Waals surface area contributed by atoms with Crippen LogP contribution in [-0.2, 0) is 0 Å². The van der Waals surface area contributed by atoms with Crippen LogP contribution in [0.1, 0.15) is 76.8 Å². The largest absolute Gasteiger partial charge is 0.310 e. The molecule has 1 heteroatoms. The second-order valence-corrected chi connectivity index (χ2v) is 5.56. The van der Waals surface area contributed by atoms with E-state index in [1.54, 1.807) is 0 Å². The molecule has 0 amide bonds. The van der Waals surface area contributed by atoms with Gasteiger partial charge >= 0.3 is 0 Å². The summed E-state index contributed by atoms with van der Waals surface area (Å²) in [5.74, 6) is 0. The van der Waals surface area contributed by atoms with Crippen LogP contribution in [-0.4, -0.2) is 6.54 Å². The smallest absolute Gasteiger partial charge is 0.0291 e. The summed E-state index contributed by atoms with van der Waals surface area (Å²) in [6, 6.07) is 11.2. The zero-order valence-electron chi connectivity index (χ0n) is 12.8. The fraction of sp³-hybridized carbons (Fsp3) is 0.667. The maximum absolute atomic E-state index is 3.61. The van der Waals surface area contributed by atoms with E-state index in [1.807, 2.05) is 0 Å². The van der Waals surface area contributed by atoms with Crippen molar-refractivity contribution in [3.05, 3.63) is 35.9 Å². The van der Waals surface area contributed by atoms with Gasteiger partial charge in [0, 0.05) is 6.04 Å². The number of unbranched alkanes of at least 4 members (excludes halogenated alkanes) is 7. The minimum Gasteiger partial charge on any atom is -0.310 e. The molecular weight excluding hydrogens is 230 g/mol. The number of hydrogen-bond donors (Lipinski definition) is 1. The van der Waals surface area contributed by atoms with Gasteiger partial charge in [0.15, 0.2) is 0 Å². The van der Waals surface area contributed by atoms with Gasteiger partial charge in [-0.1, -0.05) is 82.2 Å². The molecule has 1 atom stereocenters. The normalized spacial score (nSPS) is 12.5. The van der Waals surface area contributed by atoms with E-state index >= 15 is 0 Å². The lowest BCUT2D eigenvalue weighted by Gasteiger charge is -2.13. The van der Waals surface area contributed by atoms with Crippen LogP contribution in [0.4, 0.5) is 0 Å². The minimum atomic E-state index is 0.478. The van der Waals surface area contributed by atoms with E-state index in [0.29, 0.717) is 6.04 Å². The summed E-state index contributed by atoms with van der Waals surface area (Å²) < 4.78 is 0. The summed E-state index contributed by atoms with van der Waals surface area (Å²) in [5.41, 5.74) is 1.39. The van der Waals surface area contributed by atoms with Crippen molar-refractivity contribution in [2.24, 2.45) is 0 Å². The molecule has 0 saturated heterocycles. The van der Waals surface area contributed by atoms with Crippen LogP contribution in [0.5, 0.6) is 0 Å². The Morgan fingerprint density at radius 2 is 1.42 bits per heavy atom. The van der Waals surface area contributed by atoms with E-state index in [2.05, 4.69) is 49.5 Å². The number of nitrogens with one attached hydrogen (secondary N) is 1. The Bertz CT molecular complexity index is 294. The molecule has 0 aromatic heterocycles. The second-order valence-electron chi connectivity index (χ2n) is 5.56. The first-order valence-corrected chi connectivity index (χ1v) is 8.13. The molecule has 0 fully saturated rings. The number of rotatable bonds is 11. The third-order valence-electron chi connectivity index (χ3n) is 3.78. The quantitative estimate of drug-likeness (QED) is 0.520. The van der Waals surface area contributed by atoms with Crippen molar-refractivity contribution in [2.75, 3.05) is 6.54 Å². The van der Waals surface area contributed by atoms with Crippen molar-refractivity contribution in [3.63, 3.8) is 0 Å². The molecule has 1 unspecified atom stereocenters. The van der Waals surface area contributed by atoms with E-state index in [1.165, 1.54) is 56.9 Å². The van der Waals surface area contributed by atoms with Crippen LogP contribution < -0.4 is 5.32 Å². The number of hydrogen-bond acceptors (Lipinski definition) is 1. The molecule has 1 N–H and O–H groups in total. The molecule has 0 spiro atoms. The Hall–Kier alpha value is -0.820. The van der Waals surface area contributed by atoms with Gasteiger partial charge in [-0.3, -0.25) is 0 Å². The molecule has 108 valence electrons. The van der Waals surface area contributed by atoms with Gasteiger partial charge in [0.25, 0.3) is 0 Å². The zero-order chi connectivity index (χ0) is 13.8. The highest BCUT2D eigenvalue weighted by Crippen LogP contribution is 2.12. The molecule has 1 rings (SSSR count). The summed E-state index contributed by atoms with van der Waals surface area (Å²) in [6.07, 6.45) is 11.1. The first-order valence-electron chi connectivity index (χ1n) is 8.13. The van der Waals surface area contributed by atoms with Crippen LogP contribution in [0.15, 0.2) is 30.3 Å². The highest BCUT2D eigenvalue weighted by atomic mass is 14.9. The third-order valence-corrected chi connectivity index (χ3v) is 3.78. The van der Waals surface area contributed by atoms with E-state index in [9.17, 15) is 0 Å². The van der Waals surface area contributed by atoms with Crippen molar-refractivity contribution < 1.29 is 0 Å².